The fraction of sp³-hybridized carbons (Fsp3) is 0.389. The van der Waals surface area contributed by atoms with Gasteiger partial charge in [-0.3, -0.25) is 9.59 Å². The van der Waals surface area contributed by atoms with Gasteiger partial charge in [-0.15, -0.1) is 11.3 Å². The van der Waals surface area contributed by atoms with Crippen LogP contribution in [-0.4, -0.2) is 22.0 Å². The summed E-state index contributed by atoms with van der Waals surface area (Å²) in [4.78, 5) is 28.8. The van der Waals surface area contributed by atoms with Crippen LogP contribution in [0, 0.1) is 13.8 Å². The lowest BCUT2D eigenvalue weighted by Gasteiger charge is -2.19. The van der Waals surface area contributed by atoms with E-state index in [1.165, 1.54) is 11.3 Å². The second-order valence-electron chi connectivity index (χ2n) is 5.75. The lowest BCUT2D eigenvalue weighted by Crippen LogP contribution is -2.30. The minimum atomic E-state index is -0.948. The number of rotatable bonds is 7. The Morgan fingerprint density at radius 1 is 1.29 bits per heavy atom. The summed E-state index contributed by atoms with van der Waals surface area (Å²) < 4.78 is 0. The number of carbonyl (C=O) groups excluding carboxylic acids is 1. The Morgan fingerprint density at radius 3 is 2.62 bits per heavy atom. The summed E-state index contributed by atoms with van der Waals surface area (Å²) in [5.74, 6) is -1.21. The van der Waals surface area contributed by atoms with E-state index in [1.54, 1.807) is 0 Å². The van der Waals surface area contributed by atoms with Crippen molar-refractivity contribution in [2.45, 2.75) is 46.1 Å². The van der Waals surface area contributed by atoms with Crippen molar-refractivity contribution < 1.29 is 14.7 Å². The van der Waals surface area contributed by atoms with Gasteiger partial charge in [-0.25, -0.2) is 4.98 Å². The molecule has 1 aromatic heterocycles. The van der Waals surface area contributed by atoms with Crippen molar-refractivity contribution in [3.8, 4) is 0 Å². The summed E-state index contributed by atoms with van der Waals surface area (Å²) in [5, 5.41) is 13.0. The van der Waals surface area contributed by atoms with Gasteiger partial charge in [-0.2, -0.15) is 0 Å². The van der Waals surface area contributed by atoms with Gasteiger partial charge in [0.1, 0.15) is 4.88 Å². The summed E-state index contributed by atoms with van der Waals surface area (Å²) in [7, 11) is 0. The molecule has 0 aliphatic carbocycles. The predicted octanol–water partition coefficient (Wildman–Crippen LogP) is 3.66. The number of benzene rings is 1. The molecule has 128 valence electrons. The highest BCUT2D eigenvalue weighted by atomic mass is 32.1. The van der Waals surface area contributed by atoms with Gasteiger partial charge < -0.3 is 10.4 Å². The van der Waals surface area contributed by atoms with E-state index in [1.807, 2.05) is 38.1 Å². The standard InChI is InChI=1S/C18H22N2O3S/c1-4-7-15-19-12(3)17(24-15)18(23)20-14(10-16(21)22)13-9-6-5-8-11(13)2/h5-6,8-9,14H,4,7,10H2,1-3H3,(H,20,23)(H,21,22). The summed E-state index contributed by atoms with van der Waals surface area (Å²) in [5.41, 5.74) is 2.47. The van der Waals surface area contributed by atoms with Crippen LogP contribution < -0.4 is 5.32 Å². The molecule has 0 radical (unpaired) electrons. The quantitative estimate of drug-likeness (QED) is 0.802. The van der Waals surface area contributed by atoms with Gasteiger partial charge in [-0.05, 0) is 37.8 Å². The molecule has 2 aromatic rings. The van der Waals surface area contributed by atoms with Gasteiger partial charge >= 0.3 is 5.97 Å². The Morgan fingerprint density at radius 2 is 2.00 bits per heavy atom. The summed E-state index contributed by atoms with van der Waals surface area (Å²) in [6.07, 6.45) is 1.66. The van der Waals surface area contributed by atoms with Crippen LogP contribution in [0.3, 0.4) is 0 Å². The average molecular weight is 346 g/mol. The first-order valence-corrected chi connectivity index (χ1v) is 8.78. The number of thiazole rings is 1. The molecule has 2 rings (SSSR count). The lowest BCUT2D eigenvalue weighted by atomic mass is 9.98. The molecule has 0 spiro atoms. The summed E-state index contributed by atoms with van der Waals surface area (Å²) in [6, 6.07) is 6.94. The van der Waals surface area contributed by atoms with Crippen molar-refractivity contribution in [3.05, 3.63) is 51.0 Å². The van der Waals surface area contributed by atoms with Crippen molar-refractivity contribution in [2.24, 2.45) is 0 Å². The second kappa shape index (κ2) is 8.06. The molecule has 1 amide bonds. The zero-order valence-electron chi connectivity index (χ0n) is 14.1. The van der Waals surface area contributed by atoms with Crippen molar-refractivity contribution in [1.82, 2.24) is 10.3 Å². The van der Waals surface area contributed by atoms with E-state index in [9.17, 15) is 14.7 Å². The first-order valence-electron chi connectivity index (χ1n) is 7.96. The summed E-state index contributed by atoms with van der Waals surface area (Å²) in [6.45, 7) is 5.79. The predicted molar refractivity (Wildman–Crippen MR) is 94.5 cm³/mol. The highest BCUT2D eigenvalue weighted by molar-refractivity contribution is 7.13. The van der Waals surface area contributed by atoms with Crippen LogP contribution in [0.5, 0.6) is 0 Å². The van der Waals surface area contributed by atoms with E-state index in [-0.39, 0.29) is 12.3 Å². The van der Waals surface area contributed by atoms with Gasteiger partial charge in [0.15, 0.2) is 0 Å². The Kier molecular flexibility index (Phi) is 6.09. The fourth-order valence-electron chi connectivity index (χ4n) is 2.60. The highest BCUT2D eigenvalue weighted by Gasteiger charge is 2.22. The van der Waals surface area contributed by atoms with Crippen LogP contribution >= 0.6 is 11.3 Å². The van der Waals surface area contributed by atoms with Crippen molar-refractivity contribution in [1.29, 1.82) is 0 Å². The number of nitrogens with zero attached hydrogens (tertiary/aromatic N) is 1. The molecule has 24 heavy (non-hydrogen) atoms. The van der Waals surface area contributed by atoms with E-state index in [2.05, 4.69) is 17.2 Å². The van der Waals surface area contributed by atoms with Crippen molar-refractivity contribution in [2.75, 3.05) is 0 Å². The Labute approximate surface area is 145 Å². The maximum absolute atomic E-state index is 12.6. The number of carboxylic acid groups (broad SMARTS) is 1. The van der Waals surface area contributed by atoms with E-state index < -0.39 is 12.0 Å². The third-order valence-electron chi connectivity index (χ3n) is 3.76. The molecule has 0 aliphatic heterocycles. The maximum Gasteiger partial charge on any atom is 0.305 e. The van der Waals surface area contributed by atoms with E-state index in [0.717, 1.165) is 29.0 Å². The first kappa shape index (κ1) is 18.1. The SMILES string of the molecule is CCCc1nc(C)c(C(=O)NC(CC(=O)O)c2ccccc2C)s1. The highest BCUT2D eigenvalue weighted by Crippen LogP contribution is 2.24. The van der Waals surface area contributed by atoms with Crippen LogP contribution in [0.1, 0.15) is 57.3 Å². The van der Waals surface area contributed by atoms with E-state index >= 15 is 0 Å². The molecule has 1 unspecified atom stereocenters. The van der Waals surface area contributed by atoms with Crippen LogP contribution in [0.15, 0.2) is 24.3 Å². The Hall–Kier alpha value is -2.21. The fourth-order valence-corrected chi connectivity index (χ4v) is 3.67. The molecule has 1 atom stereocenters. The molecule has 5 nitrogen and oxygen atoms in total. The number of aromatic nitrogens is 1. The van der Waals surface area contributed by atoms with Crippen molar-refractivity contribution >= 4 is 23.2 Å². The molecule has 2 N–H and O–H groups in total. The minimum Gasteiger partial charge on any atom is -0.481 e. The maximum atomic E-state index is 12.6. The Bertz CT molecular complexity index is 740. The third kappa shape index (κ3) is 4.41. The molecule has 0 bridgehead atoms. The normalized spacial score (nSPS) is 12.0. The molecule has 0 fully saturated rings. The number of aliphatic carboxylic acids is 1. The lowest BCUT2D eigenvalue weighted by molar-refractivity contribution is -0.137. The molecular formula is C18H22N2O3S. The van der Waals surface area contributed by atoms with Crippen LogP contribution in [0.25, 0.3) is 0 Å². The van der Waals surface area contributed by atoms with Gasteiger partial charge in [0.25, 0.3) is 5.91 Å². The van der Waals surface area contributed by atoms with Gasteiger partial charge in [0.2, 0.25) is 0 Å². The molecule has 0 saturated heterocycles. The zero-order chi connectivity index (χ0) is 17.7. The molecule has 6 heteroatoms. The van der Waals surface area contributed by atoms with Crippen LogP contribution in [0.4, 0.5) is 0 Å². The minimum absolute atomic E-state index is 0.156. The largest absolute Gasteiger partial charge is 0.481 e. The van der Waals surface area contributed by atoms with Crippen LogP contribution in [-0.2, 0) is 11.2 Å². The number of nitrogens with one attached hydrogen (secondary N) is 1. The second-order valence-corrected chi connectivity index (χ2v) is 6.84. The Balaban J connectivity index is 2.24. The van der Waals surface area contributed by atoms with Gasteiger partial charge in [-0.1, -0.05) is 31.2 Å². The smallest absolute Gasteiger partial charge is 0.305 e. The number of carboxylic acids is 1. The topological polar surface area (TPSA) is 79.3 Å². The van der Waals surface area contributed by atoms with Gasteiger partial charge in [0, 0.05) is 0 Å². The van der Waals surface area contributed by atoms with E-state index in [0.29, 0.717) is 10.6 Å². The third-order valence-corrected chi connectivity index (χ3v) is 4.97. The van der Waals surface area contributed by atoms with Crippen LogP contribution in [0.2, 0.25) is 0 Å². The monoisotopic (exact) mass is 346 g/mol. The summed E-state index contributed by atoms with van der Waals surface area (Å²) >= 11 is 1.38. The van der Waals surface area contributed by atoms with E-state index in [4.69, 9.17) is 0 Å². The molecule has 0 saturated carbocycles. The van der Waals surface area contributed by atoms with Gasteiger partial charge in [0.05, 0.1) is 23.2 Å². The number of hydrogen-bond acceptors (Lipinski definition) is 4. The molecule has 1 heterocycles. The number of amides is 1. The number of hydrogen-bond donors (Lipinski definition) is 2. The zero-order valence-corrected chi connectivity index (χ0v) is 14.9. The van der Waals surface area contributed by atoms with Crippen molar-refractivity contribution in [3.63, 3.8) is 0 Å². The average Bonchev–Trinajstić information content (AvgIpc) is 2.88. The first-order chi connectivity index (χ1) is 11.4. The molecule has 0 aliphatic rings. The molecule has 1 aromatic carbocycles. The molecular weight excluding hydrogens is 324 g/mol. The number of aryl methyl sites for hydroxylation is 3. The number of carbonyl (C=O) groups is 2.